The first kappa shape index (κ1) is 9.91. The van der Waals surface area contributed by atoms with Crippen molar-refractivity contribution in [1.29, 1.82) is 0 Å². The van der Waals surface area contributed by atoms with Crippen molar-refractivity contribution in [2.45, 2.75) is 6.92 Å². The topological polar surface area (TPSA) is 42.0 Å². The Kier molecular flexibility index (Phi) is 3.45. The van der Waals surface area contributed by atoms with Gasteiger partial charge in [0.25, 0.3) is 0 Å². The Bertz CT molecular complexity index is 296. The number of nitrogens with zero attached hydrogens (tertiary/aromatic N) is 1. The SMILES string of the molecule is CC(=O)Nc1c(Br)cncc1I. The normalized spacial score (nSPS) is 9.58. The fourth-order valence-electron chi connectivity index (χ4n) is 0.707. The third-order valence-electron chi connectivity index (χ3n) is 1.15. The van der Waals surface area contributed by atoms with E-state index in [1.165, 1.54) is 6.92 Å². The standard InChI is InChI=1S/C7H6BrIN2O/c1-4(12)11-7-5(8)2-10-3-6(7)9/h2-3H,1H3,(H,10,11,12). The smallest absolute Gasteiger partial charge is 0.221 e. The molecule has 5 heteroatoms. The molecule has 0 aromatic carbocycles. The lowest BCUT2D eigenvalue weighted by molar-refractivity contribution is -0.114. The van der Waals surface area contributed by atoms with Gasteiger partial charge in [0.15, 0.2) is 0 Å². The van der Waals surface area contributed by atoms with Crippen molar-refractivity contribution >= 4 is 50.1 Å². The van der Waals surface area contributed by atoms with E-state index in [0.717, 1.165) is 13.7 Å². The highest BCUT2D eigenvalue weighted by molar-refractivity contribution is 14.1. The summed E-state index contributed by atoms with van der Waals surface area (Å²) in [5.74, 6) is -0.0835. The average molecular weight is 341 g/mol. The number of anilines is 1. The van der Waals surface area contributed by atoms with Gasteiger partial charge in [0.1, 0.15) is 0 Å². The Morgan fingerprint density at radius 2 is 2.33 bits per heavy atom. The number of amides is 1. The van der Waals surface area contributed by atoms with Gasteiger partial charge in [0, 0.05) is 19.3 Å². The highest BCUT2D eigenvalue weighted by Crippen LogP contribution is 2.26. The molecule has 1 aromatic heterocycles. The molecule has 0 bridgehead atoms. The zero-order valence-corrected chi connectivity index (χ0v) is 10.0. The highest BCUT2D eigenvalue weighted by Gasteiger charge is 2.05. The number of halogens is 2. The summed E-state index contributed by atoms with van der Waals surface area (Å²) in [6.45, 7) is 1.48. The van der Waals surface area contributed by atoms with Gasteiger partial charge in [-0.15, -0.1) is 0 Å². The second-order valence-corrected chi connectivity index (χ2v) is 4.18. The summed E-state index contributed by atoms with van der Waals surface area (Å²) in [5, 5.41) is 2.71. The van der Waals surface area contributed by atoms with E-state index < -0.39 is 0 Å². The van der Waals surface area contributed by atoms with Crippen molar-refractivity contribution in [3.8, 4) is 0 Å². The Hall–Kier alpha value is -0.170. The quantitative estimate of drug-likeness (QED) is 0.798. The van der Waals surface area contributed by atoms with Gasteiger partial charge in [0.2, 0.25) is 5.91 Å². The van der Waals surface area contributed by atoms with Gasteiger partial charge in [-0.1, -0.05) is 0 Å². The molecule has 0 saturated heterocycles. The third kappa shape index (κ3) is 2.41. The molecule has 1 amide bonds. The van der Waals surface area contributed by atoms with Crippen molar-refractivity contribution in [3.05, 3.63) is 20.4 Å². The molecular weight excluding hydrogens is 335 g/mol. The summed E-state index contributed by atoms with van der Waals surface area (Å²) < 4.78 is 1.71. The van der Waals surface area contributed by atoms with Crippen LogP contribution in [0.15, 0.2) is 16.9 Å². The number of carbonyl (C=O) groups excluding carboxylic acids is 1. The first-order valence-electron chi connectivity index (χ1n) is 3.18. The van der Waals surface area contributed by atoms with E-state index in [2.05, 4.69) is 48.8 Å². The molecule has 1 aromatic rings. The third-order valence-corrected chi connectivity index (χ3v) is 2.57. The zero-order chi connectivity index (χ0) is 9.14. The predicted octanol–water partition coefficient (Wildman–Crippen LogP) is 2.41. The van der Waals surface area contributed by atoms with Gasteiger partial charge < -0.3 is 5.32 Å². The van der Waals surface area contributed by atoms with Gasteiger partial charge in [-0.05, 0) is 38.5 Å². The van der Waals surface area contributed by atoms with Crippen LogP contribution >= 0.6 is 38.5 Å². The molecule has 1 rings (SSSR count). The molecule has 0 aliphatic rings. The number of carbonyl (C=O) groups is 1. The van der Waals surface area contributed by atoms with Crippen molar-refractivity contribution < 1.29 is 4.79 Å². The van der Waals surface area contributed by atoms with E-state index in [9.17, 15) is 4.79 Å². The predicted molar refractivity (Wildman–Crippen MR) is 59.0 cm³/mol. The lowest BCUT2D eigenvalue weighted by atomic mass is 10.4. The monoisotopic (exact) mass is 340 g/mol. The van der Waals surface area contributed by atoms with E-state index >= 15 is 0 Å². The number of hydrogen-bond acceptors (Lipinski definition) is 2. The van der Waals surface area contributed by atoms with Crippen molar-refractivity contribution in [2.24, 2.45) is 0 Å². The van der Waals surface area contributed by atoms with Gasteiger partial charge in [-0.2, -0.15) is 0 Å². The van der Waals surface area contributed by atoms with Crippen LogP contribution < -0.4 is 5.32 Å². The Balaban J connectivity index is 3.04. The summed E-state index contributed by atoms with van der Waals surface area (Å²) in [4.78, 5) is 14.7. The Labute approximate surface area is 92.2 Å². The second kappa shape index (κ2) is 4.18. The van der Waals surface area contributed by atoms with Crippen LogP contribution in [0, 0.1) is 3.57 Å². The van der Waals surface area contributed by atoms with Crippen LogP contribution in [-0.2, 0) is 4.79 Å². The minimum Gasteiger partial charge on any atom is -0.324 e. The summed E-state index contributed by atoms with van der Waals surface area (Å²) in [7, 11) is 0. The number of pyridine rings is 1. The lowest BCUT2D eigenvalue weighted by Gasteiger charge is -2.05. The van der Waals surface area contributed by atoms with Crippen LogP contribution in [0.3, 0.4) is 0 Å². The van der Waals surface area contributed by atoms with Crippen molar-refractivity contribution in [3.63, 3.8) is 0 Å². The van der Waals surface area contributed by atoms with Crippen LogP contribution in [0.5, 0.6) is 0 Å². The maximum Gasteiger partial charge on any atom is 0.221 e. The van der Waals surface area contributed by atoms with Crippen LogP contribution in [0.1, 0.15) is 6.92 Å². The number of nitrogens with one attached hydrogen (secondary N) is 1. The molecule has 3 nitrogen and oxygen atoms in total. The highest BCUT2D eigenvalue weighted by atomic mass is 127. The van der Waals surface area contributed by atoms with Crippen LogP contribution in [0.4, 0.5) is 5.69 Å². The molecular formula is C7H6BrIN2O. The second-order valence-electron chi connectivity index (χ2n) is 2.16. The van der Waals surface area contributed by atoms with Gasteiger partial charge in [-0.3, -0.25) is 9.78 Å². The summed E-state index contributed by atoms with van der Waals surface area (Å²) in [6, 6.07) is 0. The number of aromatic nitrogens is 1. The van der Waals surface area contributed by atoms with E-state index in [1.54, 1.807) is 12.4 Å². The molecule has 0 saturated carbocycles. The molecule has 1 N–H and O–H groups in total. The zero-order valence-electron chi connectivity index (χ0n) is 6.27. The Morgan fingerprint density at radius 3 is 2.83 bits per heavy atom. The number of hydrogen-bond donors (Lipinski definition) is 1. The van der Waals surface area contributed by atoms with Crippen molar-refractivity contribution in [2.75, 3.05) is 5.32 Å². The van der Waals surface area contributed by atoms with Gasteiger partial charge in [0.05, 0.1) is 13.7 Å². The van der Waals surface area contributed by atoms with E-state index in [4.69, 9.17) is 0 Å². The minimum absolute atomic E-state index is 0.0835. The molecule has 64 valence electrons. The molecule has 0 spiro atoms. The molecule has 12 heavy (non-hydrogen) atoms. The summed E-state index contributed by atoms with van der Waals surface area (Å²) >= 11 is 5.41. The van der Waals surface area contributed by atoms with Crippen LogP contribution in [0.25, 0.3) is 0 Å². The first-order chi connectivity index (χ1) is 5.61. The van der Waals surface area contributed by atoms with Crippen molar-refractivity contribution in [1.82, 2.24) is 4.98 Å². The minimum atomic E-state index is -0.0835. The van der Waals surface area contributed by atoms with Crippen LogP contribution in [0.2, 0.25) is 0 Å². The maximum atomic E-state index is 10.8. The summed E-state index contributed by atoms with van der Waals surface area (Å²) in [6.07, 6.45) is 3.34. The fourth-order valence-corrected chi connectivity index (χ4v) is 2.09. The first-order valence-corrected chi connectivity index (χ1v) is 5.05. The lowest BCUT2D eigenvalue weighted by Crippen LogP contribution is -2.07. The molecule has 0 aliphatic carbocycles. The summed E-state index contributed by atoms with van der Waals surface area (Å²) in [5.41, 5.74) is 0.776. The van der Waals surface area contributed by atoms with E-state index in [0.29, 0.717) is 0 Å². The Morgan fingerprint density at radius 1 is 1.67 bits per heavy atom. The van der Waals surface area contributed by atoms with E-state index in [1.807, 2.05) is 0 Å². The maximum absolute atomic E-state index is 10.8. The molecule has 1 heterocycles. The number of rotatable bonds is 1. The average Bonchev–Trinajstić information content (AvgIpc) is 1.97. The molecule has 0 fully saturated rings. The molecule has 0 unspecified atom stereocenters. The van der Waals surface area contributed by atoms with E-state index in [-0.39, 0.29) is 5.91 Å². The van der Waals surface area contributed by atoms with Crippen LogP contribution in [-0.4, -0.2) is 10.9 Å². The molecule has 0 aliphatic heterocycles. The van der Waals surface area contributed by atoms with Gasteiger partial charge in [-0.25, -0.2) is 0 Å². The fraction of sp³-hybridized carbons (Fsp3) is 0.143. The molecule has 0 atom stereocenters. The van der Waals surface area contributed by atoms with Gasteiger partial charge >= 0.3 is 0 Å². The largest absolute Gasteiger partial charge is 0.324 e. The molecule has 0 radical (unpaired) electrons.